The monoisotopic (exact) mass is 250 g/mol. The van der Waals surface area contributed by atoms with Gasteiger partial charge in [-0.3, -0.25) is 14.4 Å². The van der Waals surface area contributed by atoms with E-state index in [0.29, 0.717) is 31.6 Å². The minimum absolute atomic E-state index is 0.124. The smallest absolute Gasteiger partial charge is 0.251 e. The summed E-state index contributed by atoms with van der Waals surface area (Å²) in [6.45, 7) is 2.70. The van der Waals surface area contributed by atoms with Crippen molar-refractivity contribution in [2.45, 2.75) is 19.8 Å². The average Bonchev–Trinajstić information content (AvgIpc) is 2.42. The maximum atomic E-state index is 11.6. The van der Waals surface area contributed by atoms with E-state index >= 15 is 0 Å². The molecule has 1 rings (SSSR count). The van der Waals surface area contributed by atoms with Crippen molar-refractivity contribution < 1.29 is 14.4 Å². The fourth-order valence-electron chi connectivity index (χ4n) is 1.35. The Balaban J connectivity index is 2.15. The SMILES string of the molecule is CCONC(=O)CCCNC(=O)c1ccccc1. The molecule has 18 heavy (non-hydrogen) atoms. The van der Waals surface area contributed by atoms with E-state index in [2.05, 4.69) is 10.8 Å². The molecule has 98 valence electrons. The Morgan fingerprint density at radius 3 is 2.61 bits per heavy atom. The first-order valence-electron chi connectivity index (χ1n) is 5.98. The zero-order chi connectivity index (χ0) is 13.2. The van der Waals surface area contributed by atoms with Crippen molar-refractivity contribution in [1.29, 1.82) is 0 Å². The molecule has 5 heteroatoms. The van der Waals surface area contributed by atoms with Gasteiger partial charge in [0.25, 0.3) is 5.91 Å². The van der Waals surface area contributed by atoms with Gasteiger partial charge in [0, 0.05) is 18.5 Å². The Hall–Kier alpha value is -1.88. The summed E-state index contributed by atoms with van der Waals surface area (Å²) in [4.78, 5) is 27.5. The highest BCUT2D eigenvalue weighted by Gasteiger charge is 2.04. The van der Waals surface area contributed by atoms with Gasteiger partial charge < -0.3 is 5.32 Å². The minimum atomic E-state index is -0.175. The minimum Gasteiger partial charge on any atom is -0.352 e. The van der Waals surface area contributed by atoms with E-state index in [-0.39, 0.29) is 11.8 Å². The third kappa shape index (κ3) is 5.45. The van der Waals surface area contributed by atoms with Crippen LogP contribution in [0.5, 0.6) is 0 Å². The van der Waals surface area contributed by atoms with Crippen LogP contribution in [0.2, 0.25) is 0 Å². The van der Waals surface area contributed by atoms with Gasteiger partial charge in [0.1, 0.15) is 0 Å². The maximum absolute atomic E-state index is 11.6. The zero-order valence-electron chi connectivity index (χ0n) is 10.4. The number of amides is 2. The lowest BCUT2D eigenvalue weighted by Crippen LogP contribution is -2.27. The van der Waals surface area contributed by atoms with Crippen LogP contribution in [0.4, 0.5) is 0 Å². The first-order valence-corrected chi connectivity index (χ1v) is 5.98. The molecular weight excluding hydrogens is 232 g/mol. The van der Waals surface area contributed by atoms with Gasteiger partial charge in [-0.25, -0.2) is 5.48 Å². The number of hydrogen-bond acceptors (Lipinski definition) is 3. The van der Waals surface area contributed by atoms with Crippen LogP contribution in [-0.2, 0) is 9.63 Å². The van der Waals surface area contributed by atoms with Crippen molar-refractivity contribution in [3.8, 4) is 0 Å². The molecule has 0 saturated carbocycles. The average molecular weight is 250 g/mol. The molecule has 0 radical (unpaired) electrons. The quantitative estimate of drug-likeness (QED) is 0.565. The number of rotatable bonds is 7. The van der Waals surface area contributed by atoms with Crippen LogP contribution in [0.1, 0.15) is 30.1 Å². The summed E-state index contributed by atoms with van der Waals surface area (Å²) >= 11 is 0. The second kappa shape index (κ2) is 8.25. The highest BCUT2D eigenvalue weighted by atomic mass is 16.6. The van der Waals surface area contributed by atoms with Crippen molar-refractivity contribution in [3.05, 3.63) is 35.9 Å². The second-order valence-electron chi connectivity index (χ2n) is 3.68. The van der Waals surface area contributed by atoms with Crippen molar-refractivity contribution in [2.75, 3.05) is 13.2 Å². The molecule has 0 fully saturated rings. The highest BCUT2D eigenvalue weighted by Crippen LogP contribution is 1.98. The van der Waals surface area contributed by atoms with Gasteiger partial charge in [-0.15, -0.1) is 0 Å². The van der Waals surface area contributed by atoms with Crippen LogP contribution < -0.4 is 10.8 Å². The molecule has 0 aliphatic heterocycles. The normalized spacial score (nSPS) is 9.83. The second-order valence-corrected chi connectivity index (χ2v) is 3.68. The molecule has 0 unspecified atom stereocenters. The fraction of sp³-hybridized carbons (Fsp3) is 0.385. The van der Waals surface area contributed by atoms with Crippen molar-refractivity contribution in [2.24, 2.45) is 0 Å². The first-order chi connectivity index (χ1) is 8.74. The fourth-order valence-corrected chi connectivity index (χ4v) is 1.35. The lowest BCUT2D eigenvalue weighted by atomic mass is 10.2. The number of carbonyl (C=O) groups is 2. The predicted octanol–water partition coefficient (Wildman–Crippen LogP) is 1.26. The van der Waals surface area contributed by atoms with Crippen molar-refractivity contribution >= 4 is 11.8 Å². The van der Waals surface area contributed by atoms with Gasteiger partial charge in [-0.2, -0.15) is 0 Å². The molecule has 2 N–H and O–H groups in total. The van der Waals surface area contributed by atoms with Gasteiger partial charge >= 0.3 is 0 Å². The lowest BCUT2D eigenvalue weighted by Gasteiger charge is -2.05. The Kier molecular flexibility index (Phi) is 6.50. The largest absolute Gasteiger partial charge is 0.352 e. The molecule has 1 aromatic rings. The number of hydrogen-bond donors (Lipinski definition) is 2. The highest BCUT2D eigenvalue weighted by molar-refractivity contribution is 5.94. The number of nitrogens with one attached hydrogen (secondary N) is 2. The van der Waals surface area contributed by atoms with Crippen molar-refractivity contribution in [1.82, 2.24) is 10.8 Å². The first kappa shape index (κ1) is 14.2. The third-order valence-corrected chi connectivity index (χ3v) is 2.23. The number of benzene rings is 1. The maximum Gasteiger partial charge on any atom is 0.251 e. The molecule has 2 amide bonds. The molecule has 0 atom stereocenters. The summed E-state index contributed by atoms with van der Waals surface area (Å²) in [5.74, 6) is -0.299. The van der Waals surface area contributed by atoms with E-state index in [1.807, 2.05) is 18.2 Å². The van der Waals surface area contributed by atoms with E-state index in [1.54, 1.807) is 19.1 Å². The Morgan fingerprint density at radius 2 is 1.94 bits per heavy atom. The summed E-state index contributed by atoms with van der Waals surface area (Å²) < 4.78 is 0. The molecule has 1 aromatic carbocycles. The molecule has 0 bridgehead atoms. The van der Waals surface area contributed by atoms with Crippen LogP contribution in [-0.4, -0.2) is 25.0 Å². The molecule has 0 aliphatic carbocycles. The molecule has 0 spiro atoms. The van der Waals surface area contributed by atoms with E-state index in [0.717, 1.165) is 0 Å². The molecule has 0 saturated heterocycles. The summed E-state index contributed by atoms with van der Waals surface area (Å²) in [6.07, 6.45) is 0.909. The molecular formula is C13H18N2O3. The van der Waals surface area contributed by atoms with E-state index in [9.17, 15) is 9.59 Å². The Morgan fingerprint density at radius 1 is 1.22 bits per heavy atom. The van der Waals surface area contributed by atoms with Crippen LogP contribution >= 0.6 is 0 Å². The standard InChI is InChI=1S/C13H18N2O3/c1-2-18-15-12(16)9-6-10-14-13(17)11-7-4-3-5-8-11/h3-5,7-8H,2,6,9-10H2,1H3,(H,14,17)(H,15,16). The van der Waals surface area contributed by atoms with Crippen LogP contribution in [0, 0.1) is 0 Å². The van der Waals surface area contributed by atoms with Gasteiger partial charge in [0.15, 0.2) is 0 Å². The topological polar surface area (TPSA) is 67.4 Å². The lowest BCUT2D eigenvalue weighted by molar-refractivity contribution is -0.133. The van der Waals surface area contributed by atoms with Gasteiger partial charge in [0.2, 0.25) is 5.91 Å². The summed E-state index contributed by atoms with van der Waals surface area (Å²) in [5.41, 5.74) is 2.92. The summed E-state index contributed by atoms with van der Waals surface area (Å²) in [7, 11) is 0. The predicted molar refractivity (Wildman–Crippen MR) is 67.8 cm³/mol. The number of hydroxylamine groups is 1. The van der Waals surface area contributed by atoms with Crippen molar-refractivity contribution in [3.63, 3.8) is 0 Å². The van der Waals surface area contributed by atoms with E-state index in [1.165, 1.54) is 0 Å². The zero-order valence-corrected chi connectivity index (χ0v) is 10.4. The van der Waals surface area contributed by atoms with E-state index < -0.39 is 0 Å². The molecule has 5 nitrogen and oxygen atoms in total. The molecule has 0 aromatic heterocycles. The van der Waals surface area contributed by atoms with Crippen LogP contribution in [0.15, 0.2) is 30.3 Å². The summed E-state index contributed by atoms with van der Waals surface area (Å²) in [5, 5.41) is 2.75. The molecule has 0 aliphatic rings. The van der Waals surface area contributed by atoms with Gasteiger partial charge in [-0.05, 0) is 25.5 Å². The van der Waals surface area contributed by atoms with Crippen LogP contribution in [0.3, 0.4) is 0 Å². The van der Waals surface area contributed by atoms with Gasteiger partial charge in [0.05, 0.1) is 6.61 Å². The summed E-state index contributed by atoms with van der Waals surface area (Å²) in [6, 6.07) is 8.97. The molecule has 0 heterocycles. The Labute approximate surface area is 106 Å². The van der Waals surface area contributed by atoms with Gasteiger partial charge in [-0.1, -0.05) is 18.2 Å². The Bertz CT molecular complexity index is 379. The number of carbonyl (C=O) groups excluding carboxylic acids is 2. The van der Waals surface area contributed by atoms with Crippen LogP contribution in [0.25, 0.3) is 0 Å². The third-order valence-electron chi connectivity index (χ3n) is 2.23. The van der Waals surface area contributed by atoms with E-state index in [4.69, 9.17) is 4.84 Å².